The molecule has 1 saturated heterocycles. The first kappa shape index (κ1) is 25.0. The van der Waals surface area contributed by atoms with E-state index in [0.717, 1.165) is 51.1 Å². The molecule has 3 heterocycles. The highest BCUT2D eigenvalue weighted by Crippen LogP contribution is 2.47. The summed E-state index contributed by atoms with van der Waals surface area (Å²) in [6.07, 6.45) is 7.00. The zero-order valence-electron chi connectivity index (χ0n) is 22.2. The minimum absolute atomic E-state index is 0.0826. The zero-order valence-corrected chi connectivity index (χ0v) is 22.2. The third-order valence-electron chi connectivity index (χ3n) is 9.10. The van der Waals surface area contributed by atoms with Crippen molar-refractivity contribution in [2.45, 2.75) is 56.3 Å². The van der Waals surface area contributed by atoms with Crippen molar-refractivity contribution in [2.24, 2.45) is 13.0 Å². The van der Waals surface area contributed by atoms with E-state index in [9.17, 15) is 23.9 Å². The molecule has 2 aromatic carbocycles. The number of nitrogens with zero attached hydrogens (tertiary/aromatic N) is 4. The zero-order chi connectivity index (χ0) is 27.8. The van der Waals surface area contributed by atoms with E-state index in [-0.39, 0.29) is 24.7 Å². The van der Waals surface area contributed by atoms with Crippen LogP contribution in [-0.4, -0.2) is 54.8 Å². The number of hydrogen-bond acceptors (Lipinski definition) is 5. The molecule has 40 heavy (non-hydrogen) atoms. The van der Waals surface area contributed by atoms with E-state index in [1.54, 1.807) is 16.9 Å². The topological polar surface area (TPSA) is 108 Å². The Labute approximate surface area is 230 Å². The van der Waals surface area contributed by atoms with Crippen LogP contribution in [-0.2, 0) is 41.6 Å². The van der Waals surface area contributed by atoms with Crippen molar-refractivity contribution >= 4 is 17.8 Å². The summed E-state index contributed by atoms with van der Waals surface area (Å²) in [6.45, 7) is -0.378. The number of aliphatic hydroxyl groups is 1. The van der Waals surface area contributed by atoms with Crippen molar-refractivity contribution in [1.29, 1.82) is 0 Å². The first-order chi connectivity index (χ1) is 19.2. The number of hydrogen-bond donors (Lipinski definition) is 2. The second-order valence-corrected chi connectivity index (χ2v) is 11.5. The fourth-order valence-corrected chi connectivity index (χ4v) is 6.78. The smallest absolute Gasteiger partial charge is 0.325 e. The number of aryl methyl sites for hydroxylation is 3. The Kier molecular flexibility index (Phi) is 5.44. The Morgan fingerprint density at radius 3 is 2.62 bits per heavy atom. The quantitative estimate of drug-likeness (QED) is 0.492. The Bertz CT molecular complexity index is 1580. The van der Waals surface area contributed by atoms with Gasteiger partial charge >= 0.3 is 6.03 Å². The van der Waals surface area contributed by atoms with Crippen molar-refractivity contribution < 1.29 is 23.9 Å². The van der Waals surface area contributed by atoms with Gasteiger partial charge in [-0.15, -0.1) is 0 Å². The lowest BCUT2D eigenvalue weighted by molar-refractivity contribution is -0.170. The lowest BCUT2D eigenvalue weighted by Crippen LogP contribution is -2.55. The normalized spacial score (nSPS) is 25.7. The van der Waals surface area contributed by atoms with Crippen molar-refractivity contribution in [3.05, 3.63) is 76.9 Å². The number of amides is 4. The molecule has 0 bridgehead atoms. The van der Waals surface area contributed by atoms with Gasteiger partial charge in [0.2, 0.25) is 5.91 Å². The van der Waals surface area contributed by atoms with Crippen LogP contribution in [0.2, 0.25) is 0 Å². The van der Waals surface area contributed by atoms with E-state index in [1.807, 2.05) is 31.4 Å². The fraction of sp³-hybridized carbons (Fsp3) is 0.400. The average molecular weight is 544 g/mol. The van der Waals surface area contributed by atoms with Gasteiger partial charge in [0.25, 0.3) is 5.91 Å². The highest BCUT2D eigenvalue weighted by Gasteiger charge is 2.57. The number of nitrogens with one attached hydrogen (secondary N) is 1. The molecule has 2 aliphatic carbocycles. The second-order valence-electron chi connectivity index (χ2n) is 11.5. The Hall–Kier alpha value is -4.05. The molecule has 1 saturated carbocycles. The molecule has 2 N–H and O–H groups in total. The van der Waals surface area contributed by atoms with Crippen molar-refractivity contribution in [2.75, 3.05) is 6.54 Å². The molecule has 1 aromatic heterocycles. The molecule has 1 spiro atoms. The summed E-state index contributed by atoms with van der Waals surface area (Å²) in [5.41, 5.74) is 2.56. The third kappa shape index (κ3) is 3.76. The Morgan fingerprint density at radius 2 is 1.88 bits per heavy atom. The molecule has 0 unspecified atom stereocenters. The minimum Gasteiger partial charge on any atom is -0.370 e. The van der Waals surface area contributed by atoms with E-state index in [4.69, 9.17) is 0 Å². The monoisotopic (exact) mass is 543 g/mol. The summed E-state index contributed by atoms with van der Waals surface area (Å²) in [5, 5.41) is 18.9. The summed E-state index contributed by atoms with van der Waals surface area (Å²) in [6, 6.07) is 9.66. The SMILES string of the molecule is Cn1cc(-c2ccc3c(c2)CC[C@@]32NC(=O)N(CC(=O)N3Cc4ccc(F)cc4CC[C@]3(O)C3CC3)C2=O)cn1. The lowest BCUT2D eigenvalue weighted by Gasteiger charge is -2.39. The standard InChI is InChI=1S/C30H30FN5O4/c1-34-15-22(14-32-34)18-3-7-25-20(12-18)8-10-29(25)27(38)35(28(39)33-29)17-26(37)36-16-21-2-6-24(31)13-19(21)9-11-30(36,40)23-4-5-23/h2-3,6-7,12-15,23,40H,4-5,8-11,16-17H2,1H3,(H,33,39)/t29-,30+/m1/s1. The number of benzene rings is 2. The van der Waals surface area contributed by atoms with Gasteiger partial charge in [-0.3, -0.25) is 19.2 Å². The first-order valence-electron chi connectivity index (χ1n) is 13.7. The Balaban J connectivity index is 1.16. The van der Waals surface area contributed by atoms with Crippen molar-refractivity contribution in [1.82, 2.24) is 24.9 Å². The molecule has 3 aromatic rings. The van der Waals surface area contributed by atoms with Gasteiger partial charge in [0.1, 0.15) is 23.6 Å². The number of rotatable bonds is 4. The number of halogens is 1. The third-order valence-corrected chi connectivity index (χ3v) is 9.10. The highest BCUT2D eigenvalue weighted by molar-refractivity contribution is 6.10. The average Bonchev–Trinajstić information content (AvgIpc) is 3.59. The molecule has 206 valence electrons. The van der Waals surface area contributed by atoms with Gasteiger partial charge in [0.05, 0.1) is 6.20 Å². The van der Waals surface area contributed by atoms with Crippen LogP contribution in [0.25, 0.3) is 11.1 Å². The lowest BCUT2D eigenvalue weighted by atomic mass is 9.90. The maximum absolute atomic E-state index is 13.9. The van der Waals surface area contributed by atoms with E-state index < -0.39 is 35.7 Å². The van der Waals surface area contributed by atoms with E-state index in [1.165, 1.54) is 17.0 Å². The van der Waals surface area contributed by atoms with Crippen LogP contribution in [0.1, 0.15) is 47.9 Å². The largest absolute Gasteiger partial charge is 0.370 e. The van der Waals surface area contributed by atoms with Crippen LogP contribution >= 0.6 is 0 Å². The number of aromatic nitrogens is 2. The molecule has 2 aliphatic heterocycles. The second kappa shape index (κ2) is 8.72. The molecule has 2 fully saturated rings. The van der Waals surface area contributed by atoms with Crippen molar-refractivity contribution in [3.63, 3.8) is 0 Å². The summed E-state index contributed by atoms with van der Waals surface area (Å²) in [7, 11) is 1.85. The van der Waals surface area contributed by atoms with Gasteiger partial charge in [0.15, 0.2) is 0 Å². The molecule has 9 nitrogen and oxygen atoms in total. The number of fused-ring (bicyclic) bond motifs is 3. The molecular formula is C30H30FN5O4. The van der Waals surface area contributed by atoms with E-state index >= 15 is 0 Å². The maximum Gasteiger partial charge on any atom is 0.325 e. The van der Waals surface area contributed by atoms with Crippen LogP contribution < -0.4 is 5.32 Å². The van der Waals surface area contributed by atoms with Crippen molar-refractivity contribution in [3.8, 4) is 11.1 Å². The van der Waals surface area contributed by atoms with Gasteiger partial charge in [-0.05, 0) is 78.5 Å². The van der Waals surface area contributed by atoms with Gasteiger partial charge < -0.3 is 15.3 Å². The van der Waals surface area contributed by atoms with Crippen LogP contribution in [0.5, 0.6) is 0 Å². The number of carbonyl (C=O) groups excluding carboxylic acids is 3. The molecule has 4 amide bonds. The summed E-state index contributed by atoms with van der Waals surface area (Å²) >= 11 is 0. The summed E-state index contributed by atoms with van der Waals surface area (Å²) < 4.78 is 15.7. The molecular weight excluding hydrogens is 513 g/mol. The highest BCUT2D eigenvalue weighted by atomic mass is 19.1. The van der Waals surface area contributed by atoms with Gasteiger partial charge in [-0.1, -0.05) is 24.3 Å². The van der Waals surface area contributed by atoms with E-state index in [2.05, 4.69) is 10.4 Å². The Morgan fingerprint density at radius 1 is 1.07 bits per heavy atom. The number of urea groups is 1. The molecule has 7 rings (SSSR count). The predicted molar refractivity (Wildman–Crippen MR) is 142 cm³/mol. The van der Waals surface area contributed by atoms with Gasteiger partial charge in [-0.2, -0.15) is 5.10 Å². The first-order valence-corrected chi connectivity index (χ1v) is 13.7. The van der Waals surface area contributed by atoms with E-state index in [0.29, 0.717) is 19.3 Å². The van der Waals surface area contributed by atoms with Crippen LogP contribution in [0, 0.1) is 11.7 Å². The maximum atomic E-state index is 13.9. The number of imide groups is 1. The fourth-order valence-electron chi connectivity index (χ4n) is 6.78. The number of carbonyl (C=O) groups is 3. The molecule has 4 aliphatic rings. The molecule has 10 heteroatoms. The summed E-state index contributed by atoms with van der Waals surface area (Å²) in [5.74, 6) is -1.40. The van der Waals surface area contributed by atoms with Crippen LogP contribution in [0.4, 0.5) is 9.18 Å². The summed E-state index contributed by atoms with van der Waals surface area (Å²) in [4.78, 5) is 43.2. The van der Waals surface area contributed by atoms with Crippen LogP contribution in [0.15, 0.2) is 48.8 Å². The van der Waals surface area contributed by atoms with Crippen LogP contribution in [0.3, 0.4) is 0 Å². The molecule has 0 radical (unpaired) electrons. The van der Waals surface area contributed by atoms with Gasteiger partial charge in [0, 0.05) is 31.3 Å². The van der Waals surface area contributed by atoms with Gasteiger partial charge in [-0.25, -0.2) is 9.18 Å². The predicted octanol–water partition coefficient (Wildman–Crippen LogP) is 2.99. The minimum atomic E-state index is -1.41. The molecule has 2 atom stereocenters.